The Bertz CT molecular complexity index is 1120. The SMILES string of the molecule is Cc1ccc(S(=O)(=O)Nc2ccc(NC(=O)C3(c4ccccc4)CC3)cc2)cc1. The lowest BCUT2D eigenvalue weighted by Crippen LogP contribution is -2.27. The van der Waals surface area contributed by atoms with Crippen LogP contribution in [0.1, 0.15) is 24.0 Å². The van der Waals surface area contributed by atoms with Gasteiger partial charge < -0.3 is 5.32 Å². The molecule has 1 amide bonds. The Hall–Kier alpha value is -3.12. The molecular formula is C23H22N2O3S. The number of rotatable bonds is 6. The molecule has 3 aromatic rings. The van der Waals surface area contributed by atoms with Gasteiger partial charge >= 0.3 is 0 Å². The molecule has 1 aliphatic carbocycles. The molecule has 2 N–H and O–H groups in total. The summed E-state index contributed by atoms with van der Waals surface area (Å²) < 4.78 is 27.5. The van der Waals surface area contributed by atoms with E-state index < -0.39 is 15.4 Å². The number of hydrogen-bond acceptors (Lipinski definition) is 3. The Labute approximate surface area is 170 Å². The molecule has 1 aliphatic rings. The van der Waals surface area contributed by atoms with Crippen LogP contribution in [0.2, 0.25) is 0 Å². The summed E-state index contributed by atoms with van der Waals surface area (Å²) in [5, 5.41) is 2.95. The van der Waals surface area contributed by atoms with Crippen molar-refractivity contribution in [3.8, 4) is 0 Å². The maximum Gasteiger partial charge on any atom is 0.261 e. The first-order valence-corrected chi connectivity index (χ1v) is 10.9. The summed E-state index contributed by atoms with van der Waals surface area (Å²) in [7, 11) is -3.65. The third-order valence-electron chi connectivity index (χ3n) is 5.24. The Kier molecular flexibility index (Phi) is 4.88. The highest BCUT2D eigenvalue weighted by atomic mass is 32.2. The van der Waals surface area contributed by atoms with E-state index in [-0.39, 0.29) is 10.8 Å². The van der Waals surface area contributed by atoms with E-state index in [4.69, 9.17) is 0 Å². The predicted molar refractivity (Wildman–Crippen MR) is 114 cm³/mol. The van der Waals surface area contributed by atoms with Gasteiger partial charge in [-0.05, 0) is 61.7 Å². The fourth-order valence-corrected chi connectivity index (χ4v) is 4.39. The molecule has 0 atom stereocenters. The van der Waals surface area contributed by atoms with Crippen molar-refractivity contribution in [2.24, 2.45) is 0 Å². The van der Waals surface area contributed by atoms with Crippen molar-refractivity contribution >= 4 is 27.3 Å². The van der Waals surface area contributed by atoms with Gasteiger partial charge in [0.1, 0.15) is 0 Å². The third-order valence-corrected chi connectivity index (χ3v) is 6.63. The van der Waals surface area contributed by atoms with E-state index in [9.17, 15) is 13.2 Å². The van der Waals surface area contributed by atoms with Crippen LogP contribution in [0.25, 0.3) is 0 Å². The lowest BCUT2D eigenvalue weighted by molar-refractivity contribution is -0.118. The van der Waals surface area contributed by atoms with Crippen molar-refractivity contribution in [1.82, 2.24) is 0 Å². The molecule has 1 fully saturated rings. The lowest BCUT2D eigenvalue weighted by atomic mass is 9.95. The molecule has 0 saturated heterocycles. The van der Waals surface area contributed by atoms with Crippen LogP contribution >= 0.6 is 0 Å². The minimum absolute atomic E-state index is 0.0308. The number of carbonyl (C=O) groups is 1. The van der Waals surface area contributed by atoms with Crippen LogP contribution in [0.4, 0.5) is 11.4 Å². The van der Waals surface area contributed by atoms with E-state index in [0.29, 0.717) is 11.4 Å². The van der Waals surface area contributed by atoms with Crippen LogP contribution in [0, 0.1) is 6.92 Å². The van der Waals surface area contributed by atoms with E-state index in [2.05, 4.69) is 10.0 Å². The number of carbonyl (C=O) groups excluding carboxylic acids is 1. The molecule has 0 aliphatic heterocycles. The molecule has 0 aromatic heterocycles. The number of nitrogens with one attached hydrogen (secondary N) is 2. The Morgan fingerprint density at radius 2 is 1.41 bits per heavy atom. The van der Waals surface area contributed by atoms with Gasteiger partial charge in [-0.15, -0.1) is 0 Å². The summed E-state index contributed by atoms with van der Waals surface area (Å²) in [4.78, 5) is 13.0. The largest absolute Gasteiger partial charge is 0.325 e. The molecule has 0 spiro atoms. The van der Waals surface area contributed by atoms with Crippen molar-refractivity contribution in [1.29, 1.82) is 0 Å². The van der Waals surface area contributed by atoms with Crippen LogP contribution in [-0.4, -0.2) is 14.3 Å². The topological polar surface area (TPSA) is 75.3 Å². The first-order chi connectivity index (χ1) is 13.9. The first kappa shape index (κ1) is 19.2. The minimum atomic E-state index is -3.65. The number of anilines is 2. The highest BCUT2D eigenvalue weighted by Gasteiger charge is 2.51. The van der Waals surface area contributed by atoms with Gasteiger partial charge in [0.15, 0.2) is 0 Å². The lowest BCUT2D eigenvalue weighted by Gasteiger charge is -2.16. The molecule has 3 aromatic carbocycles. The number of benzene rings is 3. The van der Waals surface area contributed by atoms with Gasteiger partial charge in [-0.1, -0.05) is 48.0 Å². The van der Waals surface area contributed by atoms with Gasteiger partial charge in [0.2, 0.25) is 5.91 Å². The highest BCUT2D eigenvalue weighted by molar-refractivity contribution is 7.92. The quantitative estimate of drug-likeness (QED) is 0.634. The number of hydrogen-bond donors (Lipinski definition) is 2. The zero-order chi connectivity index (χ0) is 20.5. The van der Waals surface area contributed by atoms with Crippen molar-refractivity contribution in [2.45, 2.75) is 30.1 Å². The summed E-state index contributed by atoms with van der Waals surface area (Å²) in [5.41, 5.74) is 2.64. The summed E-state index contributed by atoms with van der Waals surface area (Å²) in [5.74, 6) is -0.0308. The predicted octanol–water partition coefficient (Wildman–Crippen LogP) is 4.47. The maximum absolute atomic E-state index is 12.8. The zero-order valence-electron chi connectivity index (χ0n) is 16.1. The number of amides is 1. The fourth-order valence-electron chi connectivity index (χ4n) is 3.33. The van der Waals surface area contributed by atoms with Gasteiger partial charge in [0.05, 0.1) is 10.3 Å². The minimum Gasteiger partial charge on any atom is -0.325 e. The molecule has 0 bridgehead atoms. The van der Waals surface area contributed by atoms with Crippen molar-refractivity contribution in [2.75, 3.05) is 10.0 Å². The summed E-state index contributed by atoms with van der Waals surface area (Å²) in [6.45, 7) is 1.90. The van der Waals surface area contributed by atoms with Crippen molar-refractivity contribution in [3.63, 3.8) is 0 Å². The van der Waals surface area contributed by atoms with Gasteiger partial charge in [-0.3, -0.25) is 9.52 Å². The second kappa shape index (κ2) is 7.37. The molecule has 1 saturated carbocycles. The van der Waals surface area contributed by atoms with Crippen molar-refractivity contribution < 1.29 is 13.2 Å². The van der Waals surface area contributed by atoms with Gasteiger partial charge in [0, 0.05) is 11.4 Å². The number of sulfonamides is 1. The Morgan fingerprint density at radius 1 is 0.828 bits per heavy atom. The molecule has 148 valence electrons. The van der Waals surface area contributed by atoms with Crippen LogP contribution in [-0.2, 0) is 20.2 Å². The Morgan fingerprint density at radius 3 is 2.00 bits per heavy atom. The molecule has 0 heterocycles. The average molecular weight is 407 g/mol. The molecule has 0 radical (unpaired) electrons. The molecule has 5 nitrogen and oxygen atoms in total. The van der Waals surface area contributed by atoms with E-state index in [1.165, 1.54) is 0 Å². The average Bonchev–Trinajstić information content (AvgIpc) is 3.52. The molecular weight excluding hydrogens is 384 g/mol. The van der Waals surface area contributed by atoms with E-state index >= 15 is 0 Å². The summed E-state index contributed by atoms with van der Waals surface area (Å²) in [6.07, 6.45) is 1.66. The van der Waals surface area contributed by atoms with Crippen LogP contribution in [0.15, 0.2) is 83.8 Å². The van der Waals surface area contributed by atoms with E-state index in [1.54, 1.807) is 48.5 Å². The number of aryl methyl sites for hydroxylation is 1. The Balaban J connectivity index is 1.44. The highest BCUT2D eigenvalue weighted by Crippen LogP contribution is 2.48. The van der Waals surface area contributed by atoms with E-state index in [1.807, 2.05) is 37.3 Å². The summed E-state index contributed by atoms with van der Waals surface area (Å²) >= 11 is 0. The summed E-state index contributed by atoms with van der Waals surface area (Å²) in [6, 6.07) is 23.1. The molecule has 6 heteroatoms. The van der Waals surface area contributed by atoms with Gasteiger partial charge in [0.25, 0.3) is 10.0 Å². The van der Waals surface area contributed by atoms with Crippen LogP contribution in [0.5, 0.6) is 0 Å². The molecule has 29 heavy (non-hydrogen) atoms. The smallest absolute Gasteiger partial charge is 0.261 e. The standard InChI is InChI=1S/C23H22N2O3S/c1-17-7-13-21(14-8-17)29(27,28)25-20-11-9-19(10-12-20)24-22(26)23(15-16-23)18-5-3-2-4-6-18/h2-14,25H,15-16H2,1H3,(H,24,26). The fraction of sp³-hybridized carbons (Fsp3) is 0.174. The monoisotopic (exact) mass is 406 g/mol. The third kappa shape index (κ3) is 4.03. The van der Waals surface area contributed by atoms with Gasteiger partial charge in [-0.2, -0.15) is 0 Å². The normalized spacial score (nSPS) is 14.8. The molecule has 0 unspecified atom stereocenters. The van der Waals surface area contributed by atoms with Gasteiger partial charge in [-0.25, -0.2) is 8.42 Å². The maximum atomic E-state index is 12.8. The second-order valence-electron chi connectivity index (χ2n) is 7.40. The van der Waals surface area contributed by atoms with Crippen LogP contribution < -0.4 is 10.0 Å². The van der Waals surface area contributed by atoms with Crippen molar-refractivity contribution in [3.05, 3.63) is 90.0 Å². The van der Waals surface area contributed by atoms with Crippen LogP contribution in [0.3, 0.4) is 0 Å². The zero-order valence-corrected chi connectivity index (χ0v) is 16.9. The second-order valence-corrected chi connectivity index (χ2v) is 9.08. The molecule has 4 rings (SSSR count). The van der Waals surface area contributed by atoms with E-state index in [0.717, 1.165) is 24.0 Å². The first-order valence-electron chi connectivity index (χ1n) is 9.46.